The fourth-order valence-electron chi connectivity index (χ4n) is 1.69. The first-order chi connectivity index (χ1) is 7.26. The van der Waals surface area contributed by atoms with Crippen molar-refractivity contribution in [1.82, 2.24) is 9.97 Å². The van der Waals surface area contributed by atoms with Crippen LogP contribution in [0.5, 0.6) is 0 Å². The summed E-state index contributed by atoms with van der Waals surface area (Å²) < 4.78 is 0. The summed E-state index contributed by atoms with van der Waals surface area (Å²) in [4.78, 5) is 8.06. The van der Waals surface area contributed by atoms with Gasteiger partial charge in [-0.2, -0.15) is 0 Å². The van der Waals surface area contributed by atoms with Crippen molar-refractivity contribution >= 4 is 11.6 Å². The van der Waals surface area contributed by atoms with Crippen LogP contribution in [0.2, 0.25) is 0 Å². The number of nitrogen functional groups attached to an aromatic ring is 1. The van der Waals surface area contributed by atoms with Gasteiger partial charge >= 0.3 is 0 Å². The average Bonchev–Trinajstić information content (AvgIpc) is 2.98. The molecule has 82 valence electrons. The van der Waals surface area contributed by atoms with E-state index in [4.69, 9.17) is 10.8 Å². The molecule has 2 rings (SSSR count). The predicted octanol–water partition coefficient (Wildman–Crippen LogP) is 0.633. The van der Waals surface area contributed by atoms with Gasteiger partial charge in [0.1, 0.15) is 0 Å². The number of aliphatic hydroxyl groups excluding tert-OH is 1. The number of nitrogens with zero attached hydrogens (tertiary/aromatic N) is 2. The highest BCUT2D eigenvalue weighted by Gasteiger charge is 2.41. The molecule has 0 aromatic carbocycles. The molecule has 1 aliphatic rings. The zero-order valence-electron chi connectivity index (χ0n) is 8.61. The van der Waals surface area contributed by atoms with Crippen molar-refractivity contribution in [1.29, 1.82) is 0 Å². The molecule has 1 aromatic heterocycles. The number of anilines is 2. The van der Waals surface area contributed by atoms with E-state index in [9.17, 15) is 0 Å². The van der Waals surface area contributed by atoms with Crippen LogP contribution in [0.4, 0.5) is 11.6 Å². The first-order valence-corrected chi connectivity index (χ1v) is 5.17. The Morgan fingerprint density at radius 3 is 2.73 bits per heavy atom. The number of rotatable bonds is 5. The molecule has 0 radical (unpaired) electrons. The molecule has 0 amide bonds. The van der Waals surface area contributed by atoms with Gasteiger partial charge in [0.05, 0.1) is 0 Å². The van der Waals surface area contributed by atoms with E-state index in [2.05, 4.69) is 15.3 Å². The van der Waals surface area contributed by atoms with Gasteiger partial charge in [0, 0.05) is 25.5 Å². The standard InChI is InChI=1S/C10H16N4O/c11-8-9(13-5-4-12-8)14-7-10(1-2-10)3-6-15/h4-5,15H,1-3,6-7H2,(H2,11,12)(H,13,14). The Labute approximate surface area is 88.7 Å². The van der Waals surface area contributed by atoms with E-state index >= 15 is 0 Å². The number of hydrogen-bond acceptors (Lipinski definition) is 5. The molecule has 0 bridgehead atoms. The minimum absolute atomic E-state index is 0.248. The smallest absolute Gasteiger partial charge is 0.168 e. The number of aliphatic hydroxyl groups is 1. The largest absolute Gasteiger partial charge is 0.396 e. The lowest BCUT2D eigenvalue weighted by Crippen LogP contribution is -2.18. The van der Waals surface area contributed by atoms with Crippen LogP contribution < -0.4 is 11.1 Å². The van der Waals surface area contributed by atoms with E-state index < -0.39 is 0 Å². The fourth-order valence-corrected chi connectivity index (χ4v) is 1.69. The van der Waals surface area contributed by atoms with Crippen LogP contribution in [0.15, 0.2) is 12.4 Å². The molecule has 1 heterocycles. The zero-order chi connectivity index (χ0) is 10.7. The summed E-state index contributed by atoms with van der Waals surface area (Å²) in [6, 6.07) is 0. The fraction of sp³-hybridized carbons (Fsp3) is 0.600. The van der Waals surface area contributed by atoms with Gasteiger partial charge in [-0.1, -0.05) is 0 Å². The molecule has 0 aliphatic heterocycles. The van der Waals surface area contributed by atoms with E-state index in [1.54, 1.807) is 12.4 Å². The Kier molecular flexibility index (Phi) is 2.73. The number of aromatic nitrogens is 2. The maximum absolute atomic E-state index is 8.91. The minimum atomic E-state index is 0.248. The van der Waals surface area contributed by atoms with E-state index in [1.165, 1.54) is 12.8 Å². The summed E-state index contributed by atoms with van der Waals surface area (Å²) >= 11 is 0. The quantitative estimate of drug-likeness (QED) is 0.661. The average molecular weight is 208 g/mol. The molecule has 1 aromatic rings. The van der Waals surface area contributed by atoms with Gasteiger partial charge in [-0.05, 0) is 24.7 Å². The van der Waals surface area contributed by atoms with Crippen molar-refractivity contribution in [2.24, 2.45) is 5.41 Å². The molecule has 0 unspecified atom stereocenters. The number of nitrogens with two attached hydrogens (primary N) is 1. The lowest BCUT2D eigenvalue weighted by molar-refractivity contribution is 0.253. The van der Waals surface area contributed by atoms with Gasteiger partial charge in [0.25, 0.3) is 0 Å². The van der Waals surface area contributed by atoms with Crippen LogP contribution in [0.3, 0.4) is 0 Å². The Bertz CT molecular complexity index is 338. The molecule has 0 spiro atoms. The van der Waals surface area contributed by atoms with Crippen molar-refractivity contribution in [2.45, 2.75) is 19.3 Å². The van der Waals surface area contributed by atoms with Gasteiger partial charge in [-0.25, -0.2) is 9.97 Å². The zero-order valence-corrected chi connectivity index (χ0v) is 8.61. The molecule has 0 atom stereocenters. The number of nitrogens with one attached hydrogen (secondary N) is 1. The molecule has 5 heteroatoms. The summed E-state index contributed by atoms with van der Waals surface area (Å²) in [5, 5.41) is 12.1. The molecular formula is C10H16N4O. The summed E-state index contributed by atoms with van der Waals surface area (Å²) in [5.41, 5.74) is 5.92. The van der Waals surface area contributed by atoms with Crippen molar-refractivity contribution < 1.29 is 5.11 Å². The molecule has 5 nitrogen and oxygen atoms in total. The second-order valence-corrected chi connectivity index (χ2v) is 4.12. The lowest BCUT2D eigenvalue weighted by atomic mass is 10.0. The summed E-state index contributed by atoms with van der Waals surface area (Å²) in [6.45, 7) is 1.06. The Hall–Kier alpha value is -1.36. The molecular weight excluding hydrogens is 192 g/mol. The SMILES string of the molecule is Nc1nccnc1NCC1(CCO)CC1. The van der Waals surface area contributed by atoms with Crippen molar-refractivity contribution in [2.75, 3.05) is 24.2 Å². The van der Waals surface area contributed by atoms with Gasteiger partial charge in [0.15, 0.2) is 11.6 Å². The maximum Gasteiger partial charge on any atom is 0.168 e. The normalized spacial score (nSPS) is 17.4. The Morgan fingerprint density at radius 2 is 2.13 bits per heavy atom. The Balaban J connectivity index is 1.91. The molecule has 0 saturated heterocycles. The van der Waals surface area contributed by atoms with Crippen molar-refractivity contribution in [3.63, 3.8) is 0 Å². The van der Waals surface area contributed by atoms with Crippen LogP contribution in [-0.2, 0) is 0 Å². The van der Waals surface area contributed by atoms with Crippen molar-refractivity contribution in [3.8, 4) is 0 Å². The van der Waals surface area contributed by atoms with Crippen LogP contribution in [0.1, 0.15) is 19.3 Å². The Morgan fingerprint density at radius 1 is 1.40 bits per heavy atom. The van der Waals surface area contributed by atoms with Gasteiger partial charge < -0.3 is 16.2 Å². The maximum atomic E-state index is 8.91. The third-order valence-corrected chi connectivity index (χ3v) is 2.96. The third kappa shape index (κ3) is 2.36. The second kappa shape index (κ2) is 4.02. The number of hydrogen-bond donors (Lipinski definition) is 3. The van der Waals surface area contributed by atoms with Crippen LogP contribution in [-0.4, -0.2) is 28.2 Å². The third-order valence-electron chi connectivity index (χ3n) is 2.96. The van der Waals surface area contributed by atoms with E-state index in [-0.39, 0.29) is 12.0 Å². The molecule has 4 N–H and O–H groups in total. The van der Waals surface area contributed by atoms with Crippen LogP contribution >= 0.6 is 0 Å². The monoisotopic (exact) mass is 208 g/mol. The molecule has 1 fully saturated rings. The van der Waals surface area contributed by atoms with E-state index in [1.807, 2.05) is 0 Å². The molecule has 1 saturated carbocycles. The lowest BCUT2D eigenvalue weighted by Gasteiger charge is -2.15. The minimum Gasteiger partial charge on any atom is -0.396 e. The topological polar surface area (TPSA) is 84.1 Å². The first-order valence-electron chi connectivity index (χ1n) is 5.17. The summed E-state index contributed by atoms with van der Waals surface area (Å²) in [5.74, 6) is 1.07. The first kappa shape index (κ1) is 10.2. The van der Waals surface area contributed by atoms with E-state index in [0.29, 0.717) is 11.6 Å². The molecule has 1 aliphatic carbocycles. The highest BCUT2D eigenvalue weighted by molar-refractivity contribution is 5.55. The highest BCUT2D eigenvalue weighted by Crippen LogP contribution is 2.48. The van der Waals surface area contributed by atoms with Gasteiger partial charge in [-0.3, -0.25) is 0 Å². The second-order valence-electron chi connectivity index (χ2n) is 4.12. The summed E-state index contributed by atoms with van der Waals surface area (Å²) in [7, 11) is 0. The van der Waals surface area contributed by atoms with Crippen LogP contribution in [0, 0.1) is 5.41 Å². The molecule has 15 heavy (non-hydrogen) atoms. The van der Waals surface area contributed by atoms with Gasteiger partial charge in [0.2, 0.25) is 0 Å². The highest BCUT2D eigenvalue weighted by atomic mass is 16.3. The van der Waals surface area contributed by atoms with Gasteiger partial charge in [-0.15, -0.1) is 0 Å². The van der Waals surface area contributed by atoms with Crippen molar-refractivity contribution in [3.05, 3.63) is 12.4 Å². The predicted molar refractivity (Wildman–Crippen MR) is 58.3 cm³/mol. The van der Waals surface area contributed by atoms with E-state index in [0.717, 1.165) is 13.0 Å². The summed E-state index contributed by atoms with van der Waals surface area (Å²) in [6.07, 6.45) is 6.37. The van der Waals surface area contributed by atoms with Crippen LogP contribution in [0.25, 0.3) is 0 Å².